The van der Waals surface area contributed by atoms with Gasteiger partial charge in [0.25, 0.3) is 0 Å². The Morgan fingerprint density at radius 1 is 0.467 bits per heavy atom. The zero-order valence-corrected chi connectivity index (χ0v) is 30.4. The van der Waals surface area contributed by atoms with Gasteiger partial charge in [-0.2, -0.15) is 0 Å². The van der Waals surface area contributed by atoms with E-state index in [0.29, 0.717) is 25.9 Å². The molecule has 4 heteroatoms. The normalized spacial score (nSPS) is 12.3. The zero-order valence-electron chi connectivity index (χ0n) is 30.4. The van der Waals surface area contributed by atoms with Crippen molar-refractivity contribution in [3.63, 3.8) is 0 Å². The topological polar surface area (TPSA) is 52.6 Å². The average molecular weight is 633 g/mol. The molecule has 0 radical (unpaired) electrons. The van der Waals surface area contributed by atoms with Gasteiger partial charge in [-0.3, -0.25) is 9.59 Å². The zero-order chi connectivity index (χ0) is 32.9. The molecule has 0 heterocycles. The van der Waals surface area contributed by atoms with Gasteiger partial charge >= 0.3 is 11.9 Å². The smallest absolute Gasteiger partial charge is 0.306 e. The maximum Gasteiger partial charge on any atom is 0.306 e. The molecule has 1 unspecified atom stereocenters. The van der Waals surface area contributed by atoms with Crippen LogP contribution in [0.2, 0.25) is 0 Å². The maximum atomic E-state index is 12.3. The van der Waals surface area contributed by atoms with Crippen LogP contribution in [0, 0.1) is 0 Å². The predicted octanol–water partition coefficient (Wildman–Crippen LogP) is 13.3. The Hall–Kier alpha value is -1.58. The second-order valence-electron chi connectivity index (χ2n) is 13.2. The fraction of sp³-hybridized carbons (Fsp3) is 0.854. The summed E-state index contributed by atoms with van der Waals surface area (Å²) in [6, 6.07) is 0. The van der Waals surface area contributed by atoms with Crippen LogP contribution in [0.4, 0.5) is 0 Å². The monoisotopic (exact) mass is 633 g/mol. The number of carbonyl (C=O) groups is 2. The first-order valence-electron chi connectivity index (χ1n) is 19.8. The number of esters is 2. The number of allylic oxidation sites excluding steroid dienone is 4. The van der Waals surface area contributed by atoms with Crippen LogP contribution < -0.4 is 0 Å². The largest absolute Gasteiger partial charge is 0.466 e. The van der Waals surface area contributed by atoms with Gasteiger partial charge in [0.15, 0.2) is 0 Å². The minimum atomic E-state index is -0.159. The molecule has 45 heavy (non-hydrogen) atoms. The van der Waals surface area contributed by atoms with Gasteiger partial charge in [0.2, 0.25) is 0 Å². The summed E-state index contributed by atoms with van der Waals surface area (Å²) >= 11 is 0. The number of carbonyl (C=O) groups excluding carboxylic acids is 2. The van der Waals surface area contributed by atoms with Gasteiger partial charge in [0.1, 0.15) is 6.10 Å². The predicted molar refractivity (Wildman–Crippen MR) is 195 cm³/mol. The van der Waals surface area contributed by atoms with E-state index in [2.05, 4.69) is 38.2 Å². The summed E-state index contributed by atoms with van der Waals surface area (Å²) < 4.78 is 11.1. The molecule has 0 saturated heterocycles. The summed E-state index contributed by atoms with van der Waals surface area (Å²) in [6.45, 7) is 6.89. The lowest BCUT2D eigenvalue weighted by atomic mass is 10.1. The van der Waals surface area contributed by atoms with Crippen LogP contribution in [-0.4, -0.2) is 24.6 Å². The molecular formula is C41H76O4. The summed E-state index contributed by atoms with van der Waals surface area (Å²) in [5.74, 6) is -0.235. The first-order valence-corrected chi connectivity index (χ1v) is 19.8. The molecule has 0 amide bonds. The van der Waals surface area contributed by atoms with E-state index in [1.165, 1.54) is 141 Å². The SMILES string of the molecule is CCCCCCCCC=CCCCCCCCC(=O)OCCC(CC)OC(=O)CCCCCCCC=CCCCCCCCC. The molecule has 0 aromatic carbocycles. The standard InChI is InChI=1S/C41H76O4/c1-4-7-9-11-13-15-17-19-21-23-25-27-29-31-33-35-40(42)44-38-37-39(6-3)45-41(43)36-34-32-30-28-26-24-22-20-18-16-14-12-10-8-5-2/h19-22,39H,4-18,23-38H2,1-3H3. The van der Waals surface area contributed by atoms with E-state index in [-0.39, 0.29) is 18.0 Å². The second-order valence-corrected chi connectivity index (χ2v) is 13.2. The summed E-state index contributed by atoms with van der Waals surface area (Å²) in [5, 5.41) is 0. The lowest BCUT2D eigenvalue weighted by Crippen LogP contribution is -2.20. The number of unbranched alkanes of at least 4 members (excludes halogenated alkanes) is 22. The van der Waals surface area contributed by atoms with Crippen molar-refractivity contribution in [2.75, 3.05) is 6.61 Å². The Morgan fingerprint density at radius 3 is 1.22 bits per heavy atom. The third-order valence-electron chi connectivity index (χ3n) is 8.74. The van der Waals surface area contributed by atoms with Gasteiger partial charge in [0, 0.05) is 19.3 Å². The summed E-state index contributed by atoms with van der Waals surface area (Å²) in [7, 11) is 0. The Kier molecular flexibility index (Phi) is 35.6. The maximum absolute atomic E-state index is 12.3. The van der Waals surface area contributed by atoms with Gasteiger partial charge in [-0.1, -0.05) is 148 Å². The van der Waals surface area contributed by atoms with Gasteiger partial charge in [-0.05, 0) is 70.6 Å². The minimum absolute atomic E-state index is 0.112. The highest BCUT2D eigenvalue weighted by Crippen LogP contribution is 2.13. The third kappa shape index (κ3) is 35.1. The molecule has 0 fully saturated rings. The highest BCUT2D eigenvalue weighted by atomic mass is 16.6. The van der Waals surface area contributed by atoms with E-state index in [1.807, 2.05) is 6.92 Å². The second kappa shape index (κ2) is 36.9. The van der Waals surface area contributed by atoms with E-state index in [9.17, 15) is 9.59 Å². The molecule has 0 aliphatic rings. The van der Waals surface area contributed by atoms with Crippen LogP contribution in [-0.2, 0) is 19.1 Å². The van der Waals surface area contributed by atoms with Crippen LogP contribution in [0.15, 0.2) is 24.3 Å². The molecule has 4 nitrogen and oxygen atoms in total. The number of rotatable bonds is 35. The Balaban J connectivity index is 3.56. The Morgan fingerprint density at radius 2 is 0.822 bits per heavy atom. The van der Waals surface area contributed by atoms with Crippen molar-refractivity contribution in [2.24, 2.45) is 0 Å². The molecule has 0 aromatic rings. The van der Waals surface area contributed by atoms with Crippen molar-refractivity contribution in [3.05, 3.63) is 24.3 Å². The van der Waals surface area contributed by atoms with Crippen molar-refractivity contribution in [1.82, 2.24) is 0 Å². The van der Waals surface area contributed by atoms with Crippen LogP contribution in [0.25, 0.3) is 0 Å². The van der Waals surface area contributed by atoms with Crippen molar-refractivity contribution in [2.45, 2.75) is 219 Å². The molecule has 0 N–H and O–H groups in total. The number of hydrogen-bond donors (Lipinski definition) is 0. The fourth-order valence-electron chi connectivity index (χ4n) is 5.65. The van der Waals surface area contributed by atoms with Gasteiger partial charge in [0.05, 0.1) is 6.61 Å². The van der Waals surface area contributed by atoms with Gasteiger partial charge in [-0.15, -0.1) is 0 Å². The molecule has 0 aliphatic heterocycles. The van der Waals surface area contributed by atoms with Gasteiger partial charge in [-0.25, -0.2) is 0 Å². The number of ether oxygens (including phenoxy) is 2. The first kappa shape index (κ1) is 43.4. The average Bonchev–Trinajstić information content (AvgIpc) is 3.04. The van der Waals surface area contributed by atoms with E-state index >= 15 is 0 Å². The molecule has 0 aromatic heterocycles. The Labute approximate surface area is 281 Å². The molecular weight excluding hydrogens is 556 g/mol. The molecule has 0 aliphatic carbocycles. The summed E-state index contributed by atoms with van der Waals surface area (Å²) in [5.41, 5.74) is 0. The summed E-state index contributed by atoms with van der Waals surface area (Å²) in [6.07, 6.45) is 44.1. The quantitative estimate of drug-likeness (QED) is 0.0396. The van der Waals surface area contributed by atoms with Crippen molar-refractivity contribution >= 4 is 11.9 Å². The molecule has 1 atom stereocenters. The fourth-order valence-corrected chi connectivity index (χ4v) is 5.65. The van der Waals surface area contributed by atoms with E-state index < -0.39 is 0 Å². The molecule has 0 rings (SSSR count). The summed E-state index contributed by atoms with van der Waals surface area (Å²) in [4.78, 5) is 24.4. The molecule has 264 valence electrons. The highest BCUT2D eigenvalue weighted by molar-refractivity contribution is 5.69. The lowest BCUT2D eigenvalue weighted by Gasteiger charge is -2.16. The van der Waals surface area contributed by atoms with Crippen LogP contribution in [0.5, 0.6) is 0 Å². The molecule has 0 bridgehead atoms. The van der Waals surface area contributed by atoms with Crippen molar-refractivity contribution in [1.29, 1.82) is 0 Å². The van der Waals surface area contributed by atoms with Crippen molar-refractivity contribution < 1.29 is 19.1 Å². The van der Waals surface area contributed by atoms with Gasteiger partial charge < -0.3 is 9.47 Å². The third-order valence-corrected chi connectivity index (χ3v) is 8.74. The lowest BCUT2D eigenvalue weighted by molar-refractivity contribution is -0.151. The Bertz CT molecular complexity index is 683. The highest BCUT2D eigenvalue weighted by Gasteiger charge is 2.13. The van der Waals surface area contributed by atoms with Crippen LogP contribution in [0.1, 0.15) is 213 Å². The first-order chi connectivity index (χ1) is 22.1. The number of hydrogen-bond acceptors (Lipinski definition) is 4. The van der Waals surface area contributed by atoms with E-state index in [0.717, 1.165) is 32.1 Å². The van der Waals surface area contributed by atoms with Crippen LogP contribution in [0.3, 0.4) is 0 Å². The van der Waals surface area contributed by atoms with Crippen molar-refractivity contribution in [3.8, 4) is 0 Å². The van der Waals surface area contributed by atoms with Crippen LogP contribution >= 0.6 is 0 Å². The molecule has 0 saturated carbocycles. The van der Waals surface area contributed by atoms with E-state index in [1.54, 1.807) is 0 Å². The van der Waals surface area contributed by atoms with E-state index in [4.69, 9.17) is 9.47 Å². The molecule has 0 spiro atoms. The minimum Gasteiger partial charge on any atom is -0.466 e.